The van der Waals surface area contributed by atoms with Gasteiger partial charge < -0.3 is 0 Å². The molecule has 0 fully saturated rings. The fourth-order valence-corrected chi connectivity index (χ4v) is 1.63. The highest BCUT2D eigenvalue weighted by Gasteiger charge is 2.08. The number of hydroxylamine groups is 1. The van der Waals surface area contributed by atoms with Crippen LogP contribution in [0.15, 0.2) is 30.3 Å². The smallest absolute Gasteiger partial charge is 0.247 e. The van der Waals surface area contributed by atoms with Gasteiger partial charge in [0.2, 0.25) is 5.91 Å². The summed E-state index contributed by atoms with van der Waals surface area (Å²) in [6.07, 6.45) is 3.44. The maximum absolute atomic E-state index is 11.6. The van der Waals surface area contributed by atoms with Crippen LogP contribution in [0.4, 0.5) is 0 Å². The van der Waals surface area contributed by atoms with Gasteiger partial charge in [-0.3, -0.25) is 9.63 Å². The van der Waals surface area contributed by atoms with Gasteiger partial charge in [-0.05, 0) is 18.4 Å². The second kappa shape index (κ2) is 7.85. The molecule has 0 heterocycles. The third-order valence-corrected chi connectivity index (χ3v) is 2.61. The van der Waals surface area contributed by atoms with Crippen molar-refractivity contribution in [3.63, 3.8) is 0 Å². The zero-order valence-corrected chi connectivity index (χ0v) is 10.6. The van der Waals surface area contributed by atoms with Gasteiger partial charge in [-0.2, -0.15) is 0 Å². The Morgan fingerprint density at radius 2 is 2.00 bits per heavy atom. The summed E-state index contributed by atoms with van der Waals surface area (Å²) in [4.78, 5) is 17.0. The van der Waals surface area contributed by atoms with E-state index < -0.39 is 0 Å². The molecule has 1 unspecified atom stereocenters. The van der Waals surface area contributed by atoms with Gasteiger partial charge >= 0.3 is 0 Å². The zero-order chi connectivity index (χ0) is 12.5. The van der Waals surface area contributed by atoms with Crippen LogP contribution in [0.1, 0.15) is 38.7 Å². The molecule has 1 atom stereocenters. The average molecular weight is 235 g/mol. The highest BCUT2D eigenvalue weighted by atomic mass is 16.7. The maximum Gasteiger partial charge on any atom is 0.247 e. The number of hydrogen-bond acceptors (Lipinski definition) is 2. The summed E-state index contributed by atoms with van der Waals surface area (Å²) in [7, 11) is 0. The molecule has 17 heavy (non-hydrogen) atoms. The van der Waals surface area contributed by atoms with Crippen LogP contribution in [0.5, 0.6) is 0 Å². The molecule has 0 bridgehead atoms. The Morgan fingerprint density at radius 3 is 2.59 bits per heavy atom. The molecule has 1 aromatic carbocycles. The maximum atomic E-state index is 11.6. The van der Waals surface area contributed by atoms with Crippen LogP contribution in [-0.4, -0.2) is 12.0 Å². The molecule has 1 rings (SSSR count). The van der Waals surface area contributed by atoms with Crippen molar-refractivity contribution in [1.29, 1.82) is 0 Å². The van der Waals surface area contributed by atoms with E-state index in [9.17, 15) is 4.79 Å². The molecule has 0 saturated heterocycles. The van der Waals surface area contributed by atoms with Crippen LogP contribution in [-0.2, 0) is 16.1 Å². The molecule has 0 spiro atoms. The van der Waals surface area contributed by atoms with Crippen LogP contribution in [0.3, 0.4) is 0 Å². The Balaban J connectivity index is 2.30. The molecule has 3 nitrogen and oxygen atoms in total. The molecule has 1 aromatic rings. The van der Waals surface area contributed by atoms with E-state index >= 15 is 0 Å². The van der Waals surface area contributed by atoms with Gasteiger partial charge in [0.15, 0.2) is 0 Å². The number of nitrogens with one attached hydrogen (secondary N) is 1. The predicted molar refractivity (Wildman–Crippen MR) is 68.4 cm³/mol. The lowest BCUT2D eigenvalue weighted by atomic mass is 10.1. The topological polar surface area (TPSA) is 38.3 Å². The molecular formula is C14H21NO2. The van der Waals surface area contributed by atoms with E-state index in [4.69, 9.17) is 4.84 Å². The predicted octanol–water partition coefficient (Wildman–Crippen LogP) is 2.86. The lowest BCUT2D eigenvalue weighted by molar-refractivity contribution is -0.138. The summed E-state index contributed by atoms with van der Waals surface area (Å²) in [6.45, 7) is 4.17. The third-order valence-electron chi connectivity index (χ3n) is 2.61. The minimum atomic E-state index is -0.0919. The SMILES string of the molecule is CCCC(CC)ONC(=O)Cc1ccccc1. The summed E-state index contributed by atoms with van der Waals surface area (Å²) in [5, 5.41) is 0. The van der Waals surface area contributed by atoms with Gasteiger partial charge in [0.1, 0.15) is 0 Å². The molecule has 94 valence electrons. The van der Waals surface area contributed by atoms with Gasteiger partial charge in [0.25, 0.3) is 0 Å². The second-order valence-electron chi connectivity index (χ2n) is 4.12. The summed E-state index contributed by atoms with van der Waals surface area (Å²) in [6, 6.07) is 9.66. The standard InChI is InChI=1S/C14H21NO2/c1-3-8-13(4-2)17-15-14(16)11-12-9-6-5-7-10-12/h5-7,9-10,13H,3-4,8,11H2,1-2H3,(H,15,16). The third kappa shape index (κ3) is 5.50. The van der Waals surface area contributed by atoms with E-state index in [1.54, 1.807) is 0 Å². The van der Waals surface area contributed by atoms with Gasteiger partial charge in [-0.1, -0.05) is 50.6 Å². The first-order valence-electron chi connectivity index (χ1n) is 6.24. The molecule has 0 saturated carbocycles. The lowest BCUT2D eigenvalue weighted by Crippen LogP contribution is -2.30. The lowest BCUT2D eigenvalue weighted by Gasteiger charge is -2.14. The van der Waals surface area contributed by atoms with Crippen molar-refractivity contribution in [3.05, 3.63) is 35.9 Å². The first kappa shape index (κ1) is 13.7. The molecule has 1 amide bonds. The van der Waals surface area contributed by atoms with Crippen LogP contribution >= 0.6 is 0 Å². The number of benzene rings is 1. The first-order valence-corrected chi connectivity index (χ1v) is 6.24. The quantitative estimate of drug-likeness (QED) is 0.738. The van der Waals surface area contributed by atoms with Crippen LogP contribution < -0.4 is 5.48 Å². The second-order valence-corrected chi connectivity index (χ2v) is 4.12. The van der Waals surface area contributed by atoms with Crippen molar-refractivity contribution in [1.82, 2.24) is 5.48 Å². The average Bonchev–Trinajstić information content (AvgIpc) is 2.35. The van der Waals surface area contributed by atoms with Gasteiger partial charge in [-0.15, -0.1) is 0 Å². The van der Waals surface area contributed by atoms with E-state index in [-0.39, 0.29) is 12.0 Å². The minimum Gasteiger partial charge on any atom is -0.272 e. The van der Waals surface area contributed by atoms with Crippen molar-refractivity contribution >= 4 is 5.91 Å². The molecule has 0 aliphatic rings. The van der Waals surface area contributed by atoms with Gasteiger partial charge in [0.05, 0.1) is 12.5 Å². The molecule has 1 N–H and O–H groups in total. The van der Waals surface area contributed by atoms with Gasteiger partial charge in [0, 0.05) is 0 Å². The number of rotatable bonds is 7. The number of carbonyl (C=O) groups is 1. The van der Waals surface area contributed by atoms with Crippen molar-refractivity contribution < 1.29 is 9.63 Å². The highest BCUT2D eigenvalue weighted by Crippen LogP contribution is 2.05. The Kier molecular flexibility index (Phi) is 6.33. The van der Waals surface area contributed by atoms with Crippen molar-refractivity contribution in [2.24, 2.45) is 0 Å². The van der Waals surface area contributed by atoms with E-state index in [0.29, 0.717) is 6.42 Å². The summed E-state index contributed by atoms with van der Waals surface area (Å²) < 4.78 is 0. The van der Waals surface area contributed by atoms with E-state index in [1.165, 1.54) is 0 Å². The fraction of sp³-hybridized carbons (Fsp3) is 0.500. The molecule has 0 aromatic heterocycles. The summed E-state index contributed by atoms with van der Waals surface area (Å²) in [5.41, 5.74) is 3.53. The summed E-state index contributed by atoms with van der Waals surface area (Å²) >= 11 is 0. The molecular weight excluding hydrogens is 214 g/mol. The number of carbonyl (C=O) groups excluding carboxylic acids is 1. The summed E-state index contributed by atoms with van der Waals surface area (Å²) in [5.74, 6) is -0.0919. The highest BCUT2D eigenvalue weighted by molar-refractivity contribution is 5.77. The Labute approximate surface area is 103 Å². The normalized spacial score (nSPS) is 12.1. The van der Waals surface area contributed by atoms with Gasteiger partial charge in [-0.25, -0.2) is 5.48 Å². The van der Waals surface area contributed by atoms with E-state index in [0.717, 1.165) is 24.8 Å². The van der Waals surface area contributed by atoms with Crippen LogP contribution in [0, 0.1) is 0 Å². The van der Waals surface area contributed by atoms with Crippen molar-refractivity contribution in [2.75, 3.05) is 0 Å². The minimum absolute atomic E-state index is 0.0919. The first-order chi connectivity index (χ1) is 8.26. The Bertz CT molecular complexity index is 324. The van der Waals surface area contributed by atoms with E-state index in [2.05, 4.69) is 19.3 Å². The molecule has 0 radical (unpaired) electrons. The molecule has 0 aliphatic heterocycles. The number of hydrogen-bond donors (Lipinski definition) is 1. The molecule has 3 heteroatoms. The van der Waals surface area contributed by atoms with Crippen LogP contribution in [0.2, 0.25) is 0 Å². The largest absolute Gasteiger partial charge is 0.272 e. The monoisotopic (exact) mass is 235 g/mol. The van der Waals surface area contributed by atoms with Crippen LogP contribution in [0.25, 0.3) is 0 Å². The van der Waals surface area contributed by atoms with Crippen molar-refractivity contribution in [3.8, 4) is 0 Å². The Hall–Kier alpha value is -1.35. The number of amides is 1. The fourth-order valence-electron chi connectivity index (χ4n) is 1.63. The zero-order valence-electron chi connectivity index (χ0n) is 10.6. The Morgan fingerprint density at radius 1 is 1.29 bits per heavy atom. The van der Waals surface area contributed by atoms with E-state index in [1.807, 2.05) is 30.3 Å². The van der Waals surface area contributed by atoms with Crippen molar-refractivity contribution in [2.45, 2.75) is 45.6 Å². The molecule has 0 aliphatic carbocycles.